The Hall–Kier alpha value is -2.61. The van der Waals surface area contributed by atoms with E-state index in [4.69, 9.17) is 14.2 Å². The van der Waals surface area contributed by atoms with Crippen LogP contribution >= 0.6 is 11.3 Å². The van der Waals surface area contributed by atoms with Crippen LogP contribution in [-0.4, -0.2) is 49.1 Å². The number of rotatable bonds is 6. The summed E-state index contributed by atoms with van der Waals surface area (Å²) in [7, 11) is 3.18. The molecule has 0 saturated carbocycles. The predicted octanol–water partition coefficient (Wildman–Crippen LogP) is 2.14. The largest absolute Gasteiger partial charge is 0.493 e. The zero-order chi connectivity index (χ0) is 19.4. The van der Waals surface area contributed by atoms with Gasteiger partial charge in [-0.2, -0.15) is 0 Å². The van der Waals surface area contributed by atoms with Gasteiger partial charge in [0.05, 0.1) is 31.3 Å². The van der Waals surface area contributed by atoms with E-state index in [0.29, 0.717) is 36.7 Å². The second-order valence-electron chi connectivity index (χ2n) is 6.24. The Morgan fingerprint density at radius 3 is 2.52 bits per heavy atom. The summed E-state index contributed by atoms with van der Waals surface area (Å²) < 4.78 is 15.8. The van der Waals surface area contributed by atoms with Gasteiger partial charge in [-0.15, -0.1) is 11.3 Å². The van der Waals surface area contributed by atoms with Gasteiger partial charge in [0.1, 0.15) is 0 Å². The fraction of sp³-hybridized carbons (Fsp3) is 0.421. The molecule has 1 aliphatic rings. The van der Waals surface area contributed by atoms with Crippen LogP contribution in [0.1, 0.15) is 21.8 Å². The van der Waals surface area contributed by atoms with Gasteiger partial charge in [-0.3, -0.25) is 9.59 Å². The Balaban J connectivity index is 1.56. The zero-order valence-corrected chi connectivity index (χ0v) is 16.4. The van der Waals surface area contributed by atoms with Crippen molar-refractivity contribution in [1.82, 2.24) is 9.88 Å². The van der Waals surface area contributed by atoms with E-state index < -0.39 is 5.97 Å². The molecule has 0 spiro atoms. The fourth-order valence-corrected chi connectivity index (χ4v) is 3.63. The SMILES string of the molecule is COc1cc2c(cc1OC)CN(C(=O)COC(=O)Cc1csc(C)n1)CC2. The molecule has 0 aliphatic carbocycles. The van der Waals surface area contributed by atoms with Crippen LogP contribution in [0.2, 0.25) is 0 Å². The maximum absolute atomic E-state index is 12.4. The highest BCUT2D eigenvalue weighted by Gasteiger charge is 2.23. The third-order valence-electron chi connectivity index (χ3n) is 4.42. The molecule has 8 heteroatoms. The van der Waals surface area contributed by atoms with Gasteiger partial charge in [0, 0.05) is 18.5 Å². The number of amides is 1. The first-order chi connectivity index (χ1) is 13.0. The molecule has 1 aromatic carbocycles. The van der Waals surface area contributed by atoms with Crippen LogP contribution in [0.3, 0.4) is 0 Å². The first kappa shape index (κ1) is 19.2. The highest BCUT2D eigenvalue weighted by molar-refractivity contribution is 7.09. The lowest BCUT2D eigenvalue weighted by Gasteiger charge is -2.29. The van der Waals surface area contributed by atoms with Crippen LogP contribution in [0.15, 0.2) is 17.5 Å². The zero-order valence-electron chi connectivity index (χ0n) is 15.6. The monoisotopic (exact) mass is 390 g/mol. The van der Waals surface area contributed by atoms with Gasteiger partial charge in [0.15, 0.2) is 18.1 Å². The number of aryl methyl sites for hydroxylation is 1. The summed E-state index contributed by atoms with van der Waals surface area (Å²) in [6, 6.07) is 3.84. The number of hydrogen-bond acceptors (Lipinski definition) is 7. The van der Waals surface area contributed by atoms with E-state index in [1.807, 2.05) is 24.4 Å². The summed E-state index contributed by atoms with van der Waals surface area (Å²) in [4.78, 5) is 30.2. The first-order valence-electron chi connectivity index (χ1n) is 8.58. The van der Waals surface area contributed by atoms with Gasteiger partial charge in [-0.25, -0.2) is 4.98 Å². The van der Waals surface area contributed by atoms with E-state index >= 15 is 0 Å². The van der Waals surface area contributed by atoms with Gasteiger partial charge in [-0.05, 0) is 36.6 Å². The molecule has 144 valence electrons. The number of hydrogen-bond donors (Lipinski definition) is 0. The first-order valence-corrected chi connectivity index (χ1v) is 9.46. The molecule has 2 aromatic rings. The normalized spacial score (nSPS) is 13.1. The molecule has 0 bridgehead atoms. The Kier molecular flexibility index (Phi) is 5.95. The van der Waals surface area contributed by atoms with Crippen LogP contribution in [0.4, 0.5) is 0 Å². The molecule has 1 amide bonds. The molecular weight excluding hydrogens is 368 g/mol. The minimum atomic E-state index is -0.447. The van der Waals surface area contributed by atoms with E-state index in [-0.39, 0.29) is 18.9 Å². The molecule has 0 N–H and O–H groups in total. The maximum Gasteiger partial charge on any atom is 0.312 e. The van der Waals surface area contributed by atoms with Crippen molar-refractivity contribution >= 4 is 23.2 Å². The molecular formula is C19H22N2O5S. The molecule has 1 aliphatic heterocycles. The minimum Gasteiger partial charge on any atom is -0.493 e. The van der Waals surface area contributed by atoms with Gasteiger partial charge < -0.3 is 19.1 Å². The third kappa shape index (κ3) is 4.57. The smallest absolute Gasteiger partial charge is 0.312 e. The Labute approximate surface area is 161 Å². The molecule has 0 radical (unpaired) electrons. The van der Waals surface area contributed by atoms with Crippen molar-refractivity contribution in [2.75, 3.05) is 27.4 Å². The van der Waals surface area contributed by atoms with Crippen molar-refractivity contribution in [2.45, 2.75) is 26.3 Å². The molecule has 7 nitrogen and oxygen atoms in total. The lowest BCUT2D eigenvalue weighted by Crippen LogP contribution is -2.38. The van der Waals surface area contributed by atoms with Crippen molar-refractivity contribution in [3.63, 3.8) is 0 Å². The number of benzene rings is 1. The number of thiazole rings is 1. The maximum atomic E-state index is 12.4. The molecule has 0 saturated heterocycles. The molecule has 0 atom stereocenters. The number of methoxy groups -OCH3 is 2. The summed E-state index contributed by atoms with van der Waals surface area (Å²) in [5.41, 5.74) is 2.81. The second-order valence-corrected chi connectivity index (χ2v) is 7.30. The molecule has 1 aromatic heterocycles. The second kappa shape index (κ2) is 8.39. The summed E-state index contributed by atoms with van der Waals surface area (Å²) in [6.07, 6.45) is 0.797. The van der Waals surface area contributed by atoms with Crippen molar-refractivity contribution in [2.24, 2.45) is 0 Å². The van der Waals surface area contributed by atoms with Crippen LogP contribution in [0.25, 0.3) is 0 Å². The number of esters is 1. The van der Waals surface area contributed by atoms with Crippen LogP contribution in [0, 0.1) is 6.92 Å². The van der Waals surface area contributed by atoms with Crippen molar-refractivity contribution < 1.29 is 23.8 Å². The summed E-state index contributed by atoms with van der Waals surface area (Å²) >= 11 is 1.48. The van der Waals surface area contributed by atoms with Crippen molar-refractivity contribution in [3.05, 3.63) is 39.3 Å². The topological polar surface area (TPSA) is 78.0 Å². The third-order valence-corrected chi connectivity index (χ3v) is 5.24. The number of carbonyl (C=O) groups excluding carboxylic acids is 2. The quantitative estimate of drug-likeness (QED) is 0.704. The minimum absolute atomic E-state index is 0.0808. The highest BCUT2D eigenvalue weighted by Crippen LogP contribution is 2.33. The van der Waals surface area contributed by atoms with Crippen LogP contribution < -0.4 is 9.47 Å². The number of carbonyl (C=O) groups is 2. The molecule has 3 rings (SSSR count). The number of nitrogens with zero attached hydrogens (tertiary/aromatic N) is 2. The fourth-order valence-electron chi connectivity index (χ4n) is 3.02. The van der Waals surface area contributed by atoms with Crippen molar-refractivity contribution in [3.8, 4) is 11.5 Å². The van der Waals surface area contributed by atoms with Gasteiger partial charge in [-0.1, -0.05) is 0 Å². The van der Waals surface area contributed by atoms with Crippen LogP contribution in [-0.2, 0) is 33.7 Å². The molecule has 27 heavy (non-hydrogen) atoms. The van der Waals surface area contributed by atoms with E-state index in [2.05, 4.69) is 4.98 Å². The summed E-state index contributed by atoms with van der Waals surface area (Å²) in [5.74, 6) is 0.661. The standard InChI is InChI=1S/C19H22N2O5S/c1-12-20-15(11-27-12)8-19(23)26-10-18(22)21-5-4-13-6-16(24-2)17(25-3)7-14(13)9-21/h6-7,11H,4-5,8-10H2,1-3H3. The summed E-state index contributed by atoms with van der Waals surface area (Å²) in [5, 5.41) is 2.72. The van der Waals surface area contributed by atoms with E-state index in [1.165, 1.54) is 11.3 Å². The Bertz CT molecular complexity index is 849. The Morgan fingerprint density at radius 2 is 1.89 bits per heavy atom. The summed E-state index contributed by atoms with van der Waals surface area (Å²) in [6.45, 7) is 2.65. The molecule has 0 unspecified atom stereocenters. The average molecular weight is 390 g/mol. The number of fused-ring (bicyclic) bond motifs is 1. The lowest BCUT2D eigenvalue weighted by molar-refractivity contribution is -0.151. The predicted molar refractivity (Wildman–Crippen MR) is 100 cm³/mol. The number of ether oxygens (including phenoxy) is 3. The lowest BCUT2D eigenvalue weighted by atomic mass is 9.99. The van der Waals surface area contributed by atoms with Crippen LogP contribution in [0.5, 0.6) is 11.5 Å². The van der Waals surface area contributed by atoms with Crippen molar-refractivity contribution in [1.29, 1.82) is 0 Å². The molecule has 0 fully saturated rings. The van der Waals surface area contributed by atoms with E-state index in [9.17, 15) is 9.59 Å². The highest BCUT2D eigenvalue weighted by atomic mass is 32.1. The van der Waals surface area contributed by atoms with Gasteiger partial charge in [0.2, 0.25) is 0 Å². The van der Waals surface area contributed by atoms with Gasteiger partial charge >= 0.3 is 5.97 Å². The van der Waals surface area contributed by atoms with E-state index in [1.54, 1.807) is 19.1 Å². The van der Waals surface area contributed by atoms with E-state index in [0.717, 1.165) is 16.1 Å². The molecule has 2 heterocycles. The average Bonchev–Trinajstić information content (AvgIpc) is 3.08. The Morgan fingerprint density at radius 1 is 1.19 bits per heavy atom. The van der Waals surface area contributed by atoms with Gasteiger partial charge in [0.25, 0.3) is 5.91 Å². The number of aromatic nitrogens is 1.